The zero-order chi connectivity index (χ0) is 10.5. The molecular weight excluding hydrogens is 206 g/mol. The van der Waals surface area contributed by atoms with Crippen LogP contribution in [0.15, 0.2) is 0 Å². The summed E-state index contributed by atoms with van der Waals surface area (Å²) in [6, 6.07) is 0.158. The number of thioether (sulfide) groups is 1. The first-order valence-electron chi connectivity index (χ1n) is 6.20. The summed E-state index contributed by atoms with van der Waals surface area (Å²) in [7, 11) is 0. The number of hydrogen-bond acceptors (Lipinski definition) is 3. The second-order valence-electron chi connectivity index (χ2n) is 4.76. The predicted octanol–water partition coefficient (Wildman–Crippen LogP) is 2.23. The summed E-state index contributed by atoms with van der Waals surface area (Å²) in [5.41, 5.74) is 0. The molecule has 0 spiro atoms. The number of carbonyl (C=O) groups is 1. The van der Waals surface area contributed by atoms with Gasteiger partial charge in [-0.15, -0.1) is 0 Å². The lowest BCUT2D eigenvalue weighted by Gasteiger charge is -2.26. The molecule has 2 fully saturated rings. The first kappa shape index (κ1) is 11.5. The molecule has 0 aromatic heterocycles. The third-order valence-corrected chi connectivity index (χ3v) is 4.59. The summed E-state index contributed by atoms with van der Waals surface area (Å²) in [6.07, 6.45) is 7.45. The molecule has 1 atom stereocenters. The number of nitrogens with one attached hydrogen (secondary N) is 1. The van der Waals surface area contributed by atoms with Gasteiger partial charge in [0, 0.05) is 24.5 Å². The average Bonchev–Trinajstić information content (AvgIpc) is 2.31. The Hall–Kier alpha value is -0.0200. The van der Waals surface area contributed by atoms with Crippen molar-refractivity contribution in [1.82, 2.24) is 5.32 Å². The number of Topliss-reactive ketones (excluding diaryl/α,β-unsaturated/α-hetero) is 1. The molecule has 1 unspecified atom stereocenters. The van der Waals surface area contributed by atoms with Crippen LogP contribution in [0, 0.1) is 5.92 Å². The monoisotopic (exact) mass is 227 g/mol. The van der Waals surface area contributed by atoms with Crippen LogP contribution in [0.25, 0.3) is 0 Å². The van der Waals surface area contributed by atoms with E-state index in [1.807, 2.05) is 11.8 Å². The highest BCUT2D eigenvalue weighted by molar-refractivity contribution is 7.99. The van der Waals surface area contributed by atoms with E-state index in [1.165, 1.54) is 32.1 Å². The van der Waals surface area contributed by atoms with Gasteiger partial charge in [0.2, 0.25) is 0 Å². The minimum atomic E-state index is 0.158. The van der Waals surface area contributed by atoms with Crippen molar-refractivity contribution in [2.45, 2.75) is 44.6 Å². The highest BCUT2D eigenvalue weighted by Gasteiger charge is 2.24. The molecule has 0 aromatic rings. The van der Waals surface area contributed by atoms with Gasteiger partial charge in [-0.2, -0.15) is 11.8 Å². The molecule has 2 aliphatic rings. The van der Waals surface area contributed by atoms with Crippen LogP contribution in [-0.2, 0) is 4.79 Å². The Morgan fingerprint density at radius 1 is 1.27 bits per heavy atom. The minimum absolute atomic E-state index is 0.158. The number of rotatable bonds is 3. The first-order chi connectivity index (χ1) is 7.36. The second-order valence-corrected chi connectivity index (χ2v) is 5.91. The van der Waals surface area contributed by atoms with E-state index in [0.717, 1.165) is 24.5 Å². The van der Waals surface area contributed by atoms with Crippen LogP contribution in [0.4, 0.5) is 0 Å². The van der Waals surface area contributed by atoms with Crippen LogP contribution >= 0.6 is 11.8 Å². The van der Waals surface area contributed by atoms with E-state index in [-0.39, 0.29) is 6.04 Å². The SMILES string of the molecule is O=C(CC1CCCCC1)C1CSCCN1. The first-order valence-corrected chi connectivity index (χ1v) is 7.35. The van der Waals surface area contributed by atoms with Gasteiger partial charge < -0.3 is 5.32 Å². The summed E-state index contributed by atoms with van der Waals surface area (Å²) >= 11 is 1.91. The van der Waals surface area contributed by atoms with Crippen molar-refractivity contribution in [3.8, 4) is 0 Å². The molecule has 86 valence electrons. The van der Waals surface area contributed by atoms with Crippen LogP contribution in [0.5, 0.6) is 0 Å². The summed E-state index contributed by atoms with van der Waals surface area (Å²) < 4.78 is 0. The molecule has 1 saturated heterocycles. The molecule has 15 heavy (non-hydrogen) atoms. The normalized spacial score (nSPS) is 28.9. The molecule has 2 rings (SSSR count). The van der Waals surface area contributed by atoms with Crippen molar-refractivity contribution >= 4 is 17.5 Å². The molecule has 1 aliphatic heterocycles. The standard InChI is InChI=1S/C12H21NOS/c14-12(11-9-15-7-6-13-11)8-10-4-2-1-3-5-10/h10-11,13H,1-9H2. The lowest BCUT2D eigenvalue weighted by Crippen LogP contribution is -2.44. The van der Waals surface area contributed by atoms with E-state index in [0.29, 0.717) is 11.7 Å². The number of hydrogen-bond donors (Lipinski definition) is 1. The Balaban J connectivity index is 1.74. The fourth-order valence-corrected chi connectivity index (χ4v) is 3.56. The van der Waals surface area contributed by atoms with E-state index >= 15 is 0 Å². The fourth-order valence-electron chi connectivity index (χ4n) is 2.59. The zero-order valence-corrected chi connectivity index (χ0v) is 10.2. The molecule has 1 heterocycles. The zero-order valence-electron chi connectivity index (χ0n) is 9.34. The van der Waals surface area contributed by atoms with Gasteiger partial charge in [-0.25, -0.2) is 0 Å². The Bertz CT molecular complexity index is 208. The third kappa shape index (κ3) is 3.49. The van der Waals surface area contributed by atoms with Crippen molar-refractivity contribution in [2.24, 2.45) is 5.92 Å². The Morgan fingerprint density at radius 3 is 2.73 bits per heavy atom. The Morgan fingerprint density at radius 2 is 2.07 bits per heavy atom. The average molecular weight is 227 g/mol. The van der Waals surface area contributed by atoms with Gasteiger partial charge in [0.25, 0.3) is 0 Å². The second kappa shape index (κ2) is 5.90. The predicted molar refractivity (Wildman–Crippen MR) is 65.3 cm³/mol. The van der Waals surface area contributed by atoms with Gasteiger partial charge in [-0.05, 0) is 5.92 Å². The van der Waals surface area contributed by atoms with E-state index in [4.69, 9.17) is 0 Å². The van der Waals surface area contributed by atoms with Crippen molar-refractivity contribution < 1.29 is 4.79 Å². The van der Waals surface area contributed by atoms with Crippen LogP contribution in [0.1, 0.15) is 38.5 Å². The molecule has 0 amide bonds. The minimum Gasteiger partial charge on any atom is -0.306 e. The lowest BCUT2D eigenvalue weighted by atomic mass is 9.85. The maximum Gasteiger partial charge on any atom is 0.150 e. The van der Waals surface area contributed by atoms with E-state index in [1.54, 1.807) is 0 Å². The van der Waals surface area contributed by atoms with Gasteiger partial charge >= 0.3 is 0 Å². The summed E-state index contributed by atoms with van der Waals surface area (Å²) in [5.74, 6) is 3.31. The van der Waals surface area contributed by atoms with Crippen LogP contribution < -0.4 is 5.32 Å². The highest BCUT2D eigenvalue weighted by Crippen LogP contribution is 2.27. The van der Waals surface area contributed by atoms with Crippen molar-refractivity contribution in [2.75, 3.05) is 18.1 Å². The van der Waals surface area contributed by atoms with Gasteiger partial charge in [-0.3, -0.25) is 4.79 Å². The van der Waals surface area contributed by atoms with E-state index < -0.39 is 0 Å². The van der Waals surface area contributed by atoms with Gasteiger partial charge in [0.1, 0.15) is 0 Å². The Kier molecular flexibility index (Phi) is 4.51. The summed E-state index contributed by atoms with van der Waals surface area (Å²) in [4.78, 5) is 12.0. The molecular formula is C12H21NOS. The molecule has 1 aliphatic carbocycles. The van der Waals surface area contributed by atoms with Gasteiger partial charge in [0.05, 0.1) is 6.04 Å². The molecule has 2 nitrogen and oxygen atoms in total. The third-order valence-electron chi connectivity index (χ3n) is 3.52. The molecule has 1 saturated carbocycles. The lowest BCUT2D eigenvalue weighted by molar-refractivity contribution is -0.121. The topological polar surface area (TPSA) is 29.1 Å². The van der Waals surface area contributed by atoms with Crippen LogP contribution in [0.3, 0.4) is 0 Å². The molecule has 0 aromatic carbocycles. The molecule has 0 radical (unpaired) electrons. The quantitative estimate of drug-likeness (QED) is 0.801. The van der Waals surface area contributed by atoms with Crippen molar-refractivity contribution in [3.05, 3.63) is 0 Å². The molecule has 3 heteroatoms. The summed E-state index contributed by atoms with van der Waals surface area (Å²) in [5, 5.41) is 3.34. The maximum absolute atomic E-state index is 12.0. The smallest absolute Gasteiger partial charge is 0.150 e. The summed E-state index contributed by atoms with van der Waals surface area (Å²) in [6.45, 7) is 1.01. The van der Waals surface area contributed by atoms with Gasteiger partial charge in [-0.1, -0.05) is 32.1 Å². The van der Waals surface area contributed by atoms with Crippen LogP contribution in [0.2, 0.25) is 0 Å². The largest absolute Gasteiger partial charge is 0.306 e. The Labute approximate surface area is 96.6 Å². The van der Waals surface area contributed by atoms with E-state index in [2.05, 4.69) is 5.32 Å². The number of carbonyl (C=O) groups excluding carboxylic acids is 1. The van der Waals surface area contributed by atoms with Gasteiger partial charge in [0.15, 0.2) is 5.78 Å². The number of ketones is 1. The molecule has 0 bridgehead atoms. The maximum atomic E-state index is 12.0. The highest BCUT2D eigenvalue weighted by atomic mass is 32.2. The van der Waals surface area contributed by atoms with Crippen molar-refractivity contribution in [3.63, 3.8) is 0 Å². The van der Waals surface area contributed by atoms with Crippen molar-refractivity contribution in [1.29, 1.82) is 0 Å². The van der Waals surface area contributed by atoms with E-state index in [9.17, 15) is 4.79 Å². The van der Waals surface area contributed by atoms with Crippen LogP contribution in [-0.4, -0.2) is 29.9 Å². The molecule has 1 N–H and O–H groups in total. The fraction of sp³-hybridized carbons (Fsp3) is 0.917.